The highest BCUT2D eigenvalue weighted by atomic mass is 32.2. The summed E-state index contributed by atoms with van der Waals surface area (Å²) in [5.41, 5.74) is -0.508. The molecule has 30 heavy (non-hydrogen) atoms. The van der Waals surface area contributed by atoms with E-state index in [2.05, 4.69) is 20.0 Å². The van der Waals surface area contributed by atoms with Crippen LogP contribution in [-0.2, 0) is 10.0 Å². The Balaban J connectivity index is 1.71. The zero-order valence-corrected chi connectivity index (χ0v) is 17.5. The third-order valence-electron chi connectivity index (χ3n) is 4.69. The number of aromatic nitrogens is 2. The topological polar surface area (TPSA) is 101 Å². The van der Waals surface area contributed by atoms with Crippen molar-refractivity contribution in [1.82, 2.24) is 9.97 Å². The Morgan fingerprint density at radius 3 is 2.73 bits per heavy atom. The molecule has 3 aromatic rings. The minimum absolute atomic E-state index is 0.0726. The number of hydrogen-bond acceptors (Lipinski definition) is 7. The molecule has 0 saturated heterocycles. The van der Waals surface area contributed by atoms with Crippen LogP contribution in [-0.4, -0.2) is 30.7 Å². The SMILES string of the molecule is Cc1nc(C)c(S(=O)(=O)Nc2ccc(F)c(C(=O)C3CNc4ncccc43)c2F)s1. The van der Waals surface area contributed by atoms with Gasteiger partial charge >= 0.3 is 0 Å². The van der Waals surface area contributed by atoms with Crippen molar-refractivity contribution < 1.29 is 22.0 Å². The number of sulfonamides is 1. The maximum Gasteiger partial charge on any atom is 0.273 e. The molecule has 2 aromatic heterocycles. The average molecular weight is 450 g/mol. The molecule has 0 aliphatic carbocycles. The largest absolute Gasteiger partial charge is 0.369 e. The van der Waals surface area contributed by atoms with E-state index in [1.54, 1.807) is 25.3 Å². The van der Waals surface area contributed by atoms with E-state index in [0.717, 1.165) is 23.5 Å². The Morgan fingerprint density at radius 2 is 2.03 bits per heavy atom. The molecule has 3 heterocycles. The number of nitrogens with zero attached hydrogens (tertiary/aromatic N) is 2. The molecule has 11 heteroatoms. The first kappa shape index (κ1) is 20.4. The van der Waals surface area contributed by atoms with Crippen LogP contribution < -0.4 is 10.0 Å². The van der Waals surface area contributed by atoms with Gasteiger partial charge in [-0.2, -0.15) is 0 Å². The standard InChI is InChI=1S/C19H16F2N4O3S2/c1-9-19(29-10(2)24-9)30(27,28)25-14-6-5-13(20)15(16(14)21)17(26)12-8-23-18-11(12)4-3-7-22-18/h3-7,12,25H,8H2,1-2H3,(H,22,23). The van der Waals surface area contributed by atoms with Crippen LogP contribution in [0.25, 0.3) is 0 Å². The number of pyridine rings is 1. The number of fused-ring (bicyclic) bond motifs is 1. The molecule has 1 atom stereocenters. The second-order valence-electron chi connectivity index (χ2n) is 6.73. The summed E-state index contributed by atoms with van der Waals surface area (Å²) in [4.78, 5) is 21.1. The van der Waals surface area contributed by atoms with E-state index >= 15 is 4.39 Å². The van der Waals surface area contributed by atoms with E-state index in [1.165, 1.54) is 6.92 Å². The zero-order valence-electron chi connectivity index (χ0n) is 15.9. The Kier molecular flexibility index (Phi) is 5.02. The molecule has 0 fully saturated rings. The van der Waals surface area contributed by atoms with Crippen molar-refractivity contribution in [3.8, 4) is 0 Å². The van der Waals surface area contributed by atoms with Crippen molar-refractivity contribution >= 4 is 38.6 Å². The fraction of sp³-hybridized carbons (Fsp3) is 0.211. The lowest BCUT2D eigenvalue weighted by molar-refractivity contribution is 0.0958. The third kappa shape index (κ3) is 3.43. The van der Waals surface area contributed by atoms with Crippen molar-refractivity contribution in [2.45, 2.75) is 24.0 Å². The average Bonchev–Trinajstić information content (AvgIpc) is 3.27. The van der Waals surface area contributed by atoms with Crippen molar-refractivity contribution in [1.29, 1.82) is 0 Å². The van der Waals surface area contributed by atoms with Gasteiger partial charge in [-0.1, -0.05) is 6.07 Å². The molecular weight excluding hydrogens is 434 g/mol. The van der Waals surface area contributed by atoms with Crippen LogP contribution in [0.15, 0.2) is 34.7 Å². The summed E-state index contributed by atoms with van der Waals surface area (Å²) in [6.07, 6.45) is 1.54. The number of benzene rings is 1. The van der Waals surface area contributed by atoms with E-state index in [9.17, 15) is 17.6 Å². The maximum absolute atomic E-state index is 15.1. The van der Waals surface area contributed by atoms with Gasteiger partial charge in [0.1, 0.15) is 11.6 Å². The molecule has 1 aliphatic heterocycles. The summed E-state index contributed by atoms with van der Waals surface area (Å²) in [6, 6.07) is 5.10. The van der Waals surface area contributed by atoms with Gasteiger partial charge in [0.15, 0.2) is 15.8 Å². The lowest BCUT2D eigenvalue weighted by Gasteiger charge is -2.14. The highest BCUT2D eigenvalue weighted by Crippen LogP contribution is 2.35. The summed E-state index contributed by atoms with van der Waals surface area (Å²) >= 11 is 0.932. The minimum Gasteiger partial charge on any atom is -0.369 e. The number of nitrogens with one attached hydrogen (secondary N) is 2. The number of carbonyl (C=O) groups is 1. The Labute approximate surface area is 175 Å². The van der Waals surface area contributed by atoms with Gasteiger partial charge in [-0.05, 0) is 32.0 Å². The van der Waals surface area contributed by atoms with Gasteiger partial charge in [-0.3, -0.25) is 9.52 Å². The number of carbonyl (C=O) groups excluding carboxylic acids is 1. The lowest BCUT2D eigenvalue weighted by atomic mass is 9.92. The molecule has 0 amide bonds. The van der Waals surface area contributed by atoms with Crippen molar-refractivity contribution in [3.63, 3.8) is 0 Å². The lowest BCUT2D eigenvalue weighted by Crippen LogP contribution is -2.20. The van der Waals surface area contributed by atoms with E-state index < -0.39 is 44.6 Å². The minimum atomic E-state index is -4.16. The summed E-state index contributed by atoms with van der Waals surface area (Å²) in [5.74, 6) is -3.49. The molecule has 0 radical (unpaired) electrons. The van der Waals surface area contributed by atoms with E-state index in [-0.39, 0.29) is 16.4 Å². The van der Waals surface area contributed by atoms with E-state index in [0.29, 0.717) is 16.4 Å². The van der Waals surface area contributed by atoms with Crippen molar-refractivity contribution in [2.75, 3.05) is 16.6 Å². The Hall–Kier alpha value is -2.92. The fourth-order valence-electron chi connectivity index (χ4n) is 3.37. The summed E-state index contributed by atoms with van der Waals surface area (Å²) < 4.78 is 57.0. The molecule has 0 saturated carbocycles. The van der Waals surface area contributed by atoms with E-state index in [4.69, 9.17) is 0 Å². The Morgan fingerprint density at radius 1 is 1.27 bits per heavy atom. The van der Waals surface area contributed by atoms with Crippen LogP contribution in [0.3, 0.4) is 0 Å². The normalized spacial score (nSPS) is 15.5. The van der Waals surface area contributed by atoms with E-state index in [1.807, 2.05) is 0 Å². The number of aryl methyl sites for hydroxylation is 2. The summed E-state index contributed by atoms with van der Waals surface area (Å²) in [7, 11) is -4.16. The first-order valence-corrected chi connectivity index (χ1v) is 11.2. The van der Waals surface area contributed by atoms with Gasteiger partial charge in [0.05, 0.1) is 27.9 Å². The molecule has 0 bridgehead atoms. The van der Waals surface area contributed by atoms with Gasteiger partial charge in [-0.15, -0.1) is 11.3 Å². The molecule has 156 valence electrons. The maximum atomic E-state index is 15.1. The van der Waals surface area contributed by atoms with Crippen LogP contribution >= 0.6 is 11.3 Å². The third-order valence-corrected chi connectivity index (χ3v) is 7.74. The smallest absolute Gasteiger partial charge is 0.273 e. The van der Waals surface area contributed by atoms with Crippen molar-refractivity contribution in [2.24, 2.45) is 0 Å². The van der Waals surface area contributed by atoms with Crippen LogP contribution in [0.4, 0.5) is 20.3 Å². The predicted molar refractivity (Wildman–Crippen MR) is 109 cm³/mol. The second kappa shape index (κ2) is 7.40. The zero-order chi connectivity index (χ0) is 21.6. The van der Waals surface area contributed by atoms with Gasteiger partial charge in [0.2, 0.25) is 0 Å². The monoisotopic (exact) mass is 450 g/mol. The number of thiazole rings is 1. The molecule has 0 spiro atoms. The van der Waals surface area contributed by atoms with Gasteiger partial charge in [0, 0.05) is 18.3 Å². The van der Waals surface area contributed by atoms with Gasteiger partial charge in [0.25, 0.3) is 10.0 Å². The molecule has 7 nitrogen and oxygen atoms in total. The van der Waals surface area contributed by atoms with Crippen LogP contribution in [0, 0.1) is 25.5 Å². The molecular formula is C19H16F2N4O3S2. The fourth-order valence-corrected chi connectivity index (χ4v) is 5.92. The molecule has 1 aromatic carbocycles. The highest BCUT2D eigenvalue weighted by Gasteiger charge is 2.34. The number of Topliss-reactive ketones (excluding diaryl/α,β-unsaturated/α-hetero) is 1. The second-order valence-corrected chi connectivity index (χ2v) is 9.82. The summed E-state index contributed by atoms with van der Waals surface area (Å²) in [5, 5.41) is 3.46. The number of anilines is 2. The quantitative estimate of drug-likeness (QED) is 0.576. The predicted octanol–water partition coefficient (Wildman–Crippen LogP) is 3.63. The number of rotatable bonds is 5. The van der Waals surface area contributed by atoms with Crippen LogP contribution in [0.5, 0.6) is 0 Å². The van der Waals surface area contributed by atoms with Crippen LogP contribution in [0.2, 0.25) is 0 Å². The van der Waals surface area contributed by atoms with Gasteiger partial charge in [-0.25, -0.2) is 27.2 Å². The van der Waals surface area contributed by atoms with Crippen molar-refractivity contribution in [3.05, 3.63) is 63.9 Å². The molecule has 1 unspecified atom stereocenters. The number of ketones is 1. The first-order chi connectivity index (χ1) is 14.2. The molecule has 1 aliphatic rings. The number of halogens is 2. The molecule has 4 rings (SSSR count). The van der Waals surface area contributed by atoms with Crippen LogP contribution in [0.1, 0.15) is 32.5 Å². The Bertz CT molecular complexity index is 1270. The number of hydrogen-bond donors (Lipinski definition) is 2. The van der Waals surface area contributed by atoms with Gasteiger partial charge < -0.3 is 5.32 Å². The highest BCUT2D eigenvalue weighted by molar-refractivity contribution is 7.94. The summed E-state index contributed by atoms with van der Waals surface area (Å²) in [6.45, 7) is 3.31. The molecule has 2 N–H and O–H groups in total. The first-order valence-electron chi connectivity index (χ1n) is 8.87.